The molecule has 5 nitrogen and oxygen atoms in total. The molecule has 1 unspecified atom stereocenters. The second-order valence-corrected chi connectivity index (χ2v) is 7.59. The average molecular weight is 342 g/mol. The summed E-state index contributed by atoms with van der Waals surface area (Å²) in [6, 6.07) is 7.30. The number of ether oxygens (including phenoxy) is 1. The molecule has 1 aliphatic carbocycles. The molecule has 5 heteroatoms. The number of hydrogen-bond donors (Lipinski definition) is 1. The lowest BCUT2D eigenvalue weighted by atomic mass is 9.84. The zero-order valence-corrected chi connectivity index (χ0v) is 14.6. The average Bonchev–Trinajstić information content (AvgIpc) is 3.37. The number of likely N-dealkylation sites (tertiary alicyclic amines) is 1. The van der Waals surface area contributed by atoms with Gasteiger partial charge in [-0.3, -0.25) is 9.59 Å². The summed E-state index contributed by atoms with van der Waals surface area (Å²) < 4.78 is 5.50. The largest absolute Gasteiger partial charge is 0.381 e. The van der Waals surface area contributed by atoms with Crippen LogP contribution in [-0.4, -0.2) is 43.0 Å². The predicted octanol–water partition coefficient (Wildman–Crippen LogP) is 2.92. The highest BCUT2D eigenvalue weighted by atomic mass is 16.5. The summed E-state index contributed by atoms with van der Waals surface area (Å²) >= 11 is 0. The van der Waals surface area contributed by atoms with Crippen molar-refractivity contribution < 1.29 is 14.3 Å². The molecular formula is C20H26N2O3. The van der Waals surface area contributed by atoms with Crippen LogP contribution in [0.1, 0.15) is 42.5 Å². The fourth-order valence-corrected chi connectivity index (χ4v) is 3.97. The quantitative estimate of drug-likeness (QED) is 0.915. The molecule has 2 aliphatic heterocycles. The minimum atomic E-state index is 0.0945. The third-order valence-corrected chi connectivity index (χ3v) is 5.81. The van der Waals surface area contributed by atoms with Crippen molar-refractivity contribution in [2.24, 2.45) is 17.8 Å². The Kier molecular flexibility index (Phi) is 4.75. The topological polar surface area (TPSA) is 58.6 Å². The van der Waals surface area contributed by atoms with E-state index in [2.05, 4.69) is 5.32 Å². The van der Waals surface area contributed by atoms with Gasteiger partial charge in [0.1, 0.15) is 0 Å². The summed E-state index contributed by atoms with van der Waals surface area (Å²) in [5, 5.41) is 2.91. The molecule has 4 rings (SSSR count). The number of anilines is 1. The first-order valence-electron chi connectivity index (χ1n) is 9.48. The van der Waals surface area contributed by atoms with Gasteiger partial charge in [-0.25, -0.2) is 0 Å². The third-order valence-electron chi connectivity index (χ3n) is 5.81. The molecule has 1 saturated carbocycles. The highest BCUT2D eigenvalue weighted by Gasteiger charge is 2.31. The van der Waals surface area contributed by atoms with E-state index in [0.29, 0.717) is 17.4 Å². The van der Waals surface area contributed by atoms with Gasteiger partial charge in [0.25, 0.3) is 5.91 Å². The van der Waals surface area contributed by atoms with Crippen molar-refractivity contribution in [3.63, 3.8) is 0 Å². The molecule has 1 N–H and O–H groups in total. The Balaban J connectivity index is 1.30. The molecular weight excluding hydrogens is 316 g/mol. The lowest BCUT2D eigenvalue weighted by molar-refractivity contribution is -0.117. The minimum Gasteiger partial charge on any atom is -0.381 e. The van der Waals surface area contributed by atoms with Crippen LogP contribution in [0.4, 0.5) is 5.69 Å². The van der Waals surface area contributed by atoms with E-state index >= 15 is 0 Å². The van der Waals surface area contributed by atoms with E-state index in [1.54, 1.807) is 0 Å². The SMILES string of the molecule is O=C(Nc1ccc(C(=O)N2CCC(C3CCOC3)CC2)cc1)C1CC1. The smallest absolute Gasteiger partial charge is 0.253 e. The van der Waals surface area contributed by atoms with Gasteiger partial charge >= 0.3 is 0 Å². The van der Waals surface area contributed by atoms with Crippen LogP contribution in [0, 0.1) is 17.8 Å². The molecule has 0 radical (unpaired) electrons. The van der Waals surface area contributed by atoms with Crippen LogP contribution < -0.4 is 5.32 Å². The molecule has 0 aromatic heterocycles. The van der Waals surface area contributed by atoms with Crippen molar-refractivity contribution in [3.05, 3.63) is 29.8 Å². The summed E-state index contributed by atoms with van der Waals surface area (Å²) in [6.45, 7) is 3.46. The Morgan fingerprint density at radius 3 is 2.28 bits per heavy atom. The standard InChI is InChI=1S/C20H26N2O3/c23-19(15-1-2-15)21-18-5-3-16(4-6-18)20(24)22-10-7-14(8-11-22)17-9-12-25-13-17/h3-6,14-15,17H,1-2,7-13H2,(H,21,23). The fraction of sp³-hybridized carbons (Fsp3) is 0.600. The number of amides is 2. The molecule has 1 aromatic rings. The highest BCUT2D eigenvalue weighted by Crippen LogP contribution is 2.32. The molecule has 3 aliphatic rings. The maximum atomic E-state index is 12.7. The van der Waals surface area contributed by atoms with Crippen molar-refractivity contribution in [2.45, 2.75) is 32.1 Å². The normalized spacial score (nSPS) is 24.3. The van der Waals surface area contributed by atoms with Crippen LogP contribution in [0.15, 0.2) is 24.3 Å². The predicted molar refractivity (Wildman–Crippen MR) is 95.3 cm³/mol. The summed E-state index contributed by atoms with van der Waals surface area (Å²) in [5.74, 6) is 1.77. The molecule has 2 amide bonds. The summed E-state index contributed by atoms with van der Waals surface area (Å²) in [6.07, 6.45) is 5.31. The molecule has 0 spiro atoms. The number of carbonyl (C=O) groups is 2. The third kappa shape index (κ3) is 3.87. The van der Waals surface area contributed by atoms with Gasteiger partial charge in [0.15, 0.2) is 0 Å². The number of carbonyl (C=O) groups excluding carboxylic acids is 2. The Morgan fingerprint density at radius 2 is 1.68 bits per heavy atom. The second kappa shape index (κ2) is 7.16. The van der Waals surface area contributed by atoms with E-state index < -0.39 is 0 Å². The van der Waals surface area contributed by atoms with Gasteiger partial charge in [-0.15, -0.1) is 0 Å². The van der Waals surface area contributed by atoms with Gasteiger partial charge in [0.2, 0.25) is 5.91 Å². The van der Waals surface area contributed by atoms with E-state index in [0.717, 1.165) is 57.7 Å². The minimum absolute atomic E-state index is 0.0945. The number of nitrogens with one attached hydrogen (secondary N) is 1. The molecule has 2 heterocycles. The molecule has 0 bridgehead atoms. The Morgan fingerprint density at radius 1 is 0.960 bits per heavy atom. The lowest BCUT2D eigenvalue weighted by Gasteiger charge is -2.34. The molecule has 3 fully saturated rings. The number of hydrogen-bond acceptors (Lipinski definition) is 3. The van der Waals surface area contributed by atoms with Crippen LogP contribution in [0.5, 0.6) is 0 Å². The van der Waals surface area contributed by atoms with Crippen molar-refractivity contribution in [1.29, 1.82) is 0 Å². The van der Waals surface area contributed by atoms with Gasteiger partial charge < -0.3 is 15.0 Å². The number of rotatable bonds is 4. The van der Waals surface area contributed by atoms with Crippen LogP contribution in [0.25, 0.3) is 0 Å². The van der Waals surface area contributed by atoms with Gasteiger partial charge in [0.05, 0.1) is 0 Å². The van der Waals surface area contributed by atoms with Crippen molar-refractivity contribution >= 4 is 17.5 Å². The van der Waals surface area contributed by atoms with E-state index in [1.807, 2.05) is 29.2 Å². The lowest BCUT2D eigenvalue weighted by Crippen LogP contribution is -2.40. The van der Waals surface area contributed by atoms with Crippen LogP contribution in [-0.2, 0) is 9.53 Å². The van der Waals surface area contributed by atoms with Crippen molar-refractivity contribution in [2.75, 3.05) is 31.6 Å². The molecule has 1 aromatic carbocycles. The molecule has 2 saturated heterocycles. The maximum Gasteiger partial charge on any atom is 0.253 e. The number of nitrogens with zero attached hydrogens (tertiary/aromatic N) is 1. The summed E-state index contributed by atoms with van der Waals surface area (Å²) in [7, 11) is 0. The first kappa shape index (κ1) is 16.6. The zero-order valence-electron chi connectivity index (χ0n) is 14.6. The number of benzene rings is 1. The van der Waals surface area contributed by atoms with Crippen LogP contribution in [0.2, 0.25) is 0 Å². The fourth-order valence-electron chi connectivity index (χ4n) is 3.97. The van der Waals surface area contributed by atoms with Crippen LogP contribution in [0.3, 0.4) is 0 Å². The van der Waals surface area contributed by atoms with Gasteiger partial charge in [-0.2, -0.15) is 0 Å². The van der Waals surface area contributed by atoms with E-state index in [1.165, 1.54) is 6.42 Å². The maximum absolute atomic E-state index is 12.7. The Labute approximate surface area is 148 Å². The highest BCUT2D eigenvalue weighted by molar-refractivity contribution is 5.96. The van der Waals surface area contributed by atoms with Gasteiger partial charge in [0, 0.05) is 43.5 Å². The van der Waals surface area contributed by atoms with E-state index in [9.17, 15) is 9.59 Å². The van der Waals surface area contributed by atoms with Gasteiger partial charge in [-0.05, 0) is 68.2 Å². The summed E-state index contributed by atoms with van der Waals surface area (Å²) in [4.78, 5) is 26.4. The second-order valence-electron chi connectivity index (χ2n) is 7.59. The summed E-state index contributed by atoms with van der Waals surface area (Å²) in [5.41, 5.74) is 1.47. The first-order chi connectivity index (χ1) is 12.2. The van der Waals surface area contributed by atoms with Crippen molar-refractivity contribution in [1.82, 2.24) is 4.90 Å². The molecule has 134 valence electrons. The van der Waals surface area contributed by atoms with Crippen molar-refractivity contribution in [3.8, 4) is 0 Å². The molecule has 25 heavy (non-hydrogen) atoms. The monoisotopic (exact) mass is 342 g/mol. The van der Waals surface area contributed by atoms with Gasteiger partial charge in [-0.1, -0.05) is 0 Å². The van der Waals surface area contributed by atoms with Crippen LogP contribution >= 0.6 is 0 Å². The first-order valence-corrected chi connectivity index (χ1v) is 9.48. The zero-order chi connectivity index (χ0) is 17.2. The Hall–Kier alpha value is -1.88. The Bertz CT molecular complexity index is 625. The van der Waals surface area contributed by atoms with E-state index in [4.69, 9.17) is 4.74 Å². The van der Waals surface area contributed by atoms with E-state index in [-0.39, 0.29) is 17.7 Å². The molecule has 1 atom stereocenters. The number of piperidine rings is 1.